The normalized spacial score (nSPS) is 17.0. The summed E-state index contributed by atoms with van der Waals surface area (Å²) in [6, 6.07) is 0. The highest BCUT2D eigenvalue weighted by molar-refractivity contribution is 7.09. The van der Waals surface area contributed by atoms with E-state index in [0.717, 1.165) is 17.1 Å². The fourth-order valence-corrected chi connectivity index (χ4v) is 10.5. The number of thiazole rings is 1. The molecule has 1 heterocycles. The van der Waals surface area contributed by atoms with Crippen molar-refractivity contribution in [2.24, 2.45) is 17.3 Å². The molecule has 7 nitrogen and oxygen atoms in total. The fourth-order valence-electron chi connectivity index (χ4n) is 5.71. The molecular weight excluding hydrogens is 779 g/mol. The molecule has 1 aromatic heterocycles. The molecule has 0 saturated heterocycles. The zero-order valence-electron chi connectivity index (χ0n) is 40.5. The van der Waals surface area contributed by atoms with Crippen LogP contribution in [0.4, 0.5) is 0 Å². The number of nitrogens with zero attached hydrogens (tertiary/aromatic N) is 1. The van der Waals surface area contributed by atoms with Gasteiger partial charge in [-0.1, -0.05) is 107 Å². The number of carbonyl (C=O) groups is 2. The quantitative estimate of drug-likeness (QED) is 0.0629. The van der Waals surface area contributed by atoms with Gasteiger partial charge >= 0.3 is 5.97 Å². The summed E-state index contributed by atoms with van der Waals surface area (Å²) in [5.74, 6) is 5.89. The van der Waals surface area contributed by atoms with E-state index in [9.17, 15) is 9.59 Å². The summed E-state index contributed by atoms with van der Waals surface area (Å²) < 4.78 is 26.1. The van der Waals surface area contributed by atoms with Gasteiger partial charge in [0.25, 0.3) is 0 Å². The molecule has 0 aliphatic rings. The third-order valence-electron chi connectivity index (χ3n) is 13.0. The Kier molecular flexibility index (Phi) is 19.0. The topological polar surface area (TPSA) is 84.0 Å². The van der Waals surface area contributed by atoms with Crippen LogP contribution in [-0.4, -0.2) is 67.1 Å². The molecule has 0 radical (unpaired) electrons. The van der Waals surface area contributed by atoms with E-state index in [4.69, 9.17) is 18.0 Å². The molecule has 0 fully saturated rings. The van der Waals surface area contributed by atoms with Gasteiger partial charge < -0.3 is 18.0 Å². The number of rotatable bonds is 18. The molecule has 0 saturated carbocycles. The number of esters is 1. The van der Waals surface area contributed by atoms with Gasteiger partial charge in [0.2, 0.25) is 0 Å². The standard InChI is InChI=1S/C46H83NO6SSi3/c1-32(27-28-38(51-55(18,19)43(6,7)8)34(3)29-37-31-54-36(5)47-37)25-24-26-33(2)41(53-57(22,23)45(12,13)14)35(4)42(49)46(15,16)39(30-40(48)50-17)52-56(20,21)44(9,10)11/h27,29,31,33,35,38-39,41H,25,28,30H2,1-23H3/t33-,35+,38-,39-,41-/m0/s1. The van der Waals surface area contributed by atoms with E-state index in [-0.39, 0.29) is 45.3 Å². The first-order valence-electron chi connectivity index (χ1n) is 20.9. The lowest BCUT2D eigenvalue weighted by Gasteiger charge is -2.46. The van der Waals surface area contributed by atoms with E-state index in [0.29, 0.717) is 6.42 Å². The Morgan fingerprint density at radius 3 is 1.77 bits per heavy atom. The molecule has 0 aliphatic heterocycles. The first kappa shape index (κ1) is 53.4. The number of ether oxygens (including phenoxy) is 1. The second kappa shape index (κ2) is 20.3. The molecule has 1 rings (SSSR count). The summed E-state index contributed by atoms with van der Waals surface area (Å²) in [6.45, 7) is 47.5. The van der Waals surface area contributed by atoms with Gasteiger partial charge in [0, 0.05) is 29.1 Å². The van der Waals surface area contributed by atoms with Crippen LogP contribution in [-0.2, 0) is 27.6 Å². The van der Waals surface area contributed by atoms with Crippen LogP contribution in [0.3, 0.4) is 0 Å². The predicted molar refractivity (Wildman–Crippen MR) is 251 cm³/mol. The maximum atomic E-state index is 14.8. The number of Topliss-reactive ketones (excluding diaryl/α,β-unsaturated/α-hetero) is 1. The Labute approximate surface area is 357 Å². The largest absolute Gasteiger partial charge is 0.469 e. The first-order valence-corrected chi connectivity index (χ1v) is 30.5. The Bertz CT molecular complexity index is 1630. The molecule has 326 valence electrons. The lowest BCUT2D eigenvalue weighted by atomic mass is 9.73. The average molecular weight is 862 g/mol. The minimum atomic E-state index is -2.36. The lowest BCUT2D eigenvalue weighted by Crippen LogP contribution is -2.54. The monoisotopic (exact) mass is 862 g/mol. The molecule has 0 aliphatic carbocycles. The van der Waals surface area contributed by atoms with Gasteiger partial charge in [0.15, 0.2) is 25.0 Å². The number of ketones is 1. The van der Waals surface area contributed by atoms with Crippen LogP contribution in [0.25, 0.3) is 6.08 Å². The number of methoxy groups -OCH3 is 1. The van der Waals surface area contributed by atoms with Crippen LogP contribution in [0.5, 0.6) is 0 Å². The summed E-state index contributed by atoms with van der Waals surface area (Å²) in [7, 11) is -5.36. The van der Waals surface area contributed by atoms with Gasteiger partial charge in [0.05, 0.1) is 42.5 Å². The molecule has 0 N–H and O–H groups in total. The highest BCUT2D eigenvalue weighted by atomic mass is 32.1. The number of hydrogen-bond donors (Lipinski definition) is 0. The molecule has 1 aromatic rings. The second-order valence-electron chi connectivity index (χ2n) is 21.5. The van der Waals surface area contributed by atoms with E-state index in [1.807, 2.05) is 27.7 Å². The van der Waals surface area contributed by atoms with Gasteiger partial charge in [-0.2, -0.15) is 0 Å². The molecule has 0 amide bonds. The van der Waals surface area contributed by atoms with Crippen molar-refractivity contribution < 1.29 is 27.6 Å². The van der Waals surface area contributed by atoms with Crippen LogP contribution in [0, 0.1) is 36.0 Å². The smallest absolute Gasteiger partial charge is 0.308 e. The maximum absolute atomic E-state index is 14.8. The minimum absolute atomic E-state index is 0.00480. The van der Waals surface area contributed by atoms with Gasteiger partial charge in [-0.25, -0.2) is 4.98 Å². The summed E-state index contributed by atoms with van der Waals surface area (Å²) >= 11 is 1.66. The Morgan fingerprint density at radius 2 is 1.32 bits per heavy atom. The zero-order chi connectivity index (χ0) is 44.8. The van der Waals surface area contributed by atoms with E-state index >= 15 is 0 Å². The summed E-state index contributed by atoms with van der Waals surface area (Å²) in [4.78, 5) is 32.2. The number of hydrogen-bond acceptors (Lipinski definition) is 8. The van der Waals surface area contributed by atoms with Gasteiger partial charge in [-0.05, 0) is 100 Å². The Morgan fingerprint density at radius 1 is 0.825 bits per heavy atom. The highest BCUT2D eigenvalue weighted by Gasteiger charge is 2.50. The average Bonchev–Trinajstić information content (AvgIpc) is 3.46. The molecule has 0 unspecified atom stereocenters. The van der Waals surface area contributed by atoms with E-state index in [1.165, 1.54) is 18.3 Å². The summed E-state index contributed by atoms with van der Waals surface area (Å²) in [6.07, 6.45) is 4.65. The molecule has 0 bridgehead atoms. The van der Waals surface area contributed by atoms with Crippen LogP contribution in [0.1, 0.15) is 134 Å². The second-order valence-corrected chi connectivity index (χ2v) is 36.8. The van der Waals surface area contributed by atoms with Crippen LogP contribution in [0.15, 0.2) is 22.6 Å². The van der Waals surface area contributed by atoms with Crippen molar-refractivity contribution in [1.82, 2.24) is 4.98 Å². The Balaban J connectivity index is 3.54. The number of carbonyl (C=O) groups excluding carboxylic acids is 2. The lowest BCUT2D eigenvalue weighted by molar-refractivity contribution is -0.148. The number of aryl methyl sites for hydroxylation is 1. The SMILES string of the molecule is COC(=O)C[C@H](O[Si](C)(C)C(C)(C)C)C(C)(C)C(=O)[C@H](C)[C@@H](O[Si](C)(C)C(C)(C)C)[C@@H](C)C#CCC(C)=CC[C@H](O[Si](C)(C)C(C)(C)C)C(C)=Cc1csc(C)n1. The van der Waals surface area contributed by atoms with Gasteiger partial charge in [0.1, 0.15) is 5.78 Å². The molecule has 0 aromatic carbocycles. The zero-order valence-corrected chi connectivity index (χ0v) is 44.4. The number of allylic oxidation sites excluding steroid dienone is 1. The third-order valence-corrected chi connectivity index (χ3v) is 27.3. The maximum Gasteiger partial charge on any atom is 0.308 e. The number of aromatic nitrogens is 1. The minimum Gasteiger partial charge on any atom is -0.469 e. The van der Waals surface area contributed by atoms with Crippen LogP contribution in [0.2, 0.25) is 54.4 Å². The molecular formula is C46H83NO6SSi3. The molecule has 57 heavy (non-hydrogen) atoms. The van der Waals surface area contributed by atoms with Crippen molar-refractivity contribution in [3.63, 3.8) is 0 Å². The summed E-state index contributed by atoms with van der Waals surface area (Å²) in [5, 5.41) is 3.06. The molecule has 0 spiro atoms. The van der Waals surface area contributed by atoms with Crippen molar-refractivity contribution in [2.45, 2.75) is 203 Å². The third kappa shape index (κ3) is 15.4. The molecule has 11 heteroatoms. The van der Waals surface area contributed by atoms with Crippen molar-refractivity contribution in [3.8, 4) is 11.8 Å². The first-order chi connectivity index (χ1) is 25.5. The van der Waals surface area contributed by atoms with Crippen molar-refractivity contribution in [3.05, 3.63) is 33.3 Å². The van der Waals surface area contributed by atoms with E-state index < -0.39 is 48.5 Å². The highest BCUT2D eigenvalue weighted by Crippen LogP contribution is 2.44. The van der Waals surface area contributed by atoms with Crippen molar-refractivity contribution in [2.75, 3.05) is 7.11 Å². The van der Waals surface area contributed by atoms with Crippen molar-refractivity contribution >= 4 is 54.1 Å². The van der Waals surface area contributed by atoms with E-state index in [1.54, 1.807) is 11.3 Å². The van der Waals surface area contributed by atoms with E-state index in [2.05, 4.69) is 157 Å². The van der Waals surface area contributed by atoms with Crippen LogP contribution < -0.4 is 0 Å². The van der Waals surface area contributed by atoms with Crippen molar-refractivity contribution in [1.29, 1.82) is 0 Å². The fraction of sp³-hybridized carbons (Fsp3) is 0.761. The van der Waals surface area contributed by atoms with Crippen LogP contribution >= 0.6 is 11.3 Å². The molecule has 5 atom stereocenters. The van der Waals surface area contributed by atoms with Gasteiger partial charge in [-0.15, -0.1) is 11.3 Å². The van der Waals surface area contributed by atoms with Gasteiger partial charge in [-0.3, -0.25) is 9.59 Å². The summed E-state index contributed by atoms with van der Waals surface area (Å²) in [5.41, 5.74) is 2.34. The Hall–Kier alpha value is -1.66. The predicted octanol–water partition coefficient (Wildman–Crippen LogP) is 13.2.